The molecule has 160 valence electrons. The maximum Gasteiger partial charge on any atom is 0.410 e. The number of amides is 1. The van der Waals surface area contributed by atoms with Gasteiger partial charge in [-0.1, -0.05) is 6.07 Å². The fraction of sp³-hybridized carbons (Fsp3) is 0.381. The lowest BCUT2D eigenvalue weighted by Crippen LogP contribution is -2.39. The van der Waals surface area contributed by atoms with Crippen LogP contribution in [-0.4, -0.2) is 42.1 Å². The molecule has 9 heteroatoms. The van der Waals surface area contributed by atoms with Gasteiger partial charge >= 0.3 is 6.09 Å². The van der Waals surface area contributed by atoms with E-state index in [4.69, 9.17) is 9.47 Å². The van der Waals surface area contributed by atoms with Crippen LogP contribution in [0.2, 0.25) is 0 Å². The van der Waals surface area contributed by atoms with Gasteiger partial charge in [0.2, 0.25) is 0 Å². The van der Waals surface area contributed by atoms with Gasteiger partial charge in [-0.3, -0.25) is 4.90 Å². The molecule has 0 aliphatic carbocycles. The summed E-state index contributed by atoms with van der Waals surface area (Å²) >= 11 is 1.18. The smallest absolute Gasteiger partial charge is 0.410 e. The Balaban J connectivity index is 1.81. The summed E-state index contributed by atoms with van der Waals surface area (Å²) in [5.41, 5.74) is 0.705. The number of thiophene rings is 1. The van der Waals surface area contributed by atoms with Gasteiger partial charge in [-0.05, 0) is 57.3 Å². The highest BCUT2D eigenvalue weighted by molar-refractivity contribution is 7.92. The van der Waals surface area contributed by atoms with Gasteiger partial charge in [0.1, 0.15) is 22.2 Å². The molecule has 3 heterocycles. The predicted octanol–water partition coefficient (Wildman–Crippen LogP) is 4.63. The molecule has 0 spiro atoms. The highest BCUT2D eigenvalue weighted by Crippen LogP contribution is 2.39. The van der Waals surface area contributed by atoms with E-state index in [1.165, 1.54) is 15.3 Å². The van der Waals surface area contributed by atoms with Crippen LogP contribution in [-0.2, 0) is 14.8 Å². The van der Waals surface area contributed by atoms with Gasteiger partial charge in [-0.2, -0.15) is 8.42 Å². The van der Waals surface area contributed by atoms with E-state index < -0.39 is 21.7 Å². The van der Waals surface area contributed by atoms with Crippen LogP contribution < -0.4 is 4.74 Å². The number of nitrogens with zero attached hydrogens (tertiary/aromatic N) is 2. The Morgan fingerprint density at radius 3 is 2.67 bits per heavy atom. The molecule has 1 atom stereocenters. The Labute approximate surface area is 179 Å². The van der Waals surface area contributed by atoms with Gasteiger partial charge in [0, 0.05) is 17.1 Å². The third-order valence-electron chi connectivity index (χ3n) is 4.95. The molecule has 2 aromatic heterocycles. The molecule has 1 unspecified atom stereocenters. The molecule has 3 aromatic rings. The average molecular weight is 449 g/mol. The Hall–Kier alpha value is -2.52. The quantitative estimate of drug-likeness (QED) is 0.571. The van der Waals surface area contributed by atoms with E-state index in [0.717, 1.165) is 10.9 Å². The zero-order valence-electron chi connectivity index (χ0n) is 17.3. The van der Waals surface area contributed by atoms with E-state index in [0.29, 0.717) is 24.4 Å². The molecule has 1 aromatic carbocycles. The van der Waals surface area contributed by atoms with Crippen LogP contribution in [0.1, 0.15) is 39.3 Å². The lowest BCUT2D eigenvalue weighted by molar-refractivity contribution is 0.0168. The monoisotopic (exact) mass is 448 g/mol. The molecule has 0 bridgehead atoms. The molecule has 1 amide bonds. The van der Waals surface area contributed by atoms with Crippen molar-refractivity contribution in [3.63, 3.8) is 0 Å². The molecule has 1 aliphatic heterocycles. The van der Waals surface area contributed by atoms with Crippen LogP contribution >= 0.6 is 11.3 Å². The van der Waals surface area contributed by atoms with E-state index in [1.54, 1.807) is 46.8 Å². The van der Waals surface area contributed by atoms with Crippen LogP contribution in [0.3, 0.4) is 0 Å². The van der Waals surface area contributed by atoms with Gasteiger partial charge in [0.05, 0.1) is 18.1 Å². The molecule has 0 saturated carbocycles. The number of ether oxygens (including phenoxy) is 2. The Kier molecular flexibility index (Phi) is 5.06. The van der Waals surface area contributed by atoms with E-state index in [-0.39, 0.29) is 10.3 Å². The maximum atomic E-state index is 13.1. The van der Waals surface area contributed by atoms with Crippen LogP contribution in [0.25, 0.3) is 10.9 Å². The summed E-state index contributed by atoms with van der Waals surface area (Å²) in [6, 6.07) is 8.23. The van der Waals surface area contributed by atoms with Crippen LogP contribution in [0.15, 0.2) is 46.1 Å². The lowest BCUT2D eigenvalue weighted by atomic mass is 10.0. The second kappa shape index (κ2) is 7.31. The first-order valence-corrected chi connectivity index (χ1v) is 12.0. The minimum absolute atomic E-state index is 0.273. The van der Waals surface area contributed by atoms with Gasteiger partial charge < -0.3 is 9.47 Å². The summed E-state index contributed by atoms with van der Waals surface area (Å²) in [6.07, 6.45) is 1.13. The van der Waals surface area contributed by atoms with E-state index in [1.807, 2.05) is 27.7 Å². The first-order valence-electron chi connectivity index (χ1n) is 9.65. The largest absolute Gasteiger partial charge is 0.491 e. The molecule has 0 fully saturated rings. The highest BCUT2D eigenvalue weighted by atomic mass is 32.2. The van der Waals surface area contributed by atoms with Crippen molar-refractivity contribution in [1.82, 2.24) is 8.87 Å². The molecule has 0 saturated heterocycles. The Morgan fingerprint density at radius 1 is 1.23 bits per heavy atom. The number of aromatic nitrogens is 1. The van der Waals surface area contributed by atoms with E-state index in [9.17, 15) is 13.2 Å². The van der Waals surface area contributed by atoms with Gasteiger partial charge in [0.25, 0.3) is 10.0 Å². The van der Waals surface area contributed by atoms with E-state index >= 15 is 0 Å². The van der Waals surface area contributed by atoms with Crippen molar-refractivity contribution < 1.29 is 22.7 Å². The minimum atomic E-state index is -3.70. The zero-order valence-corrected chi connectivity index (χ0v) is 18.9. The number of hydrogen-bond acceptors (Lipinski definition) is 6. The minimum Gasteiger partial charge on any atom is -0.491 e. The standard InChI is InChI=1S/C21H24N2O5S2/c1-14-19-15-9-10-23(30(25,26)18-6-5-13-29-18)16(15)7-8-17(19)27-12-11-22(14)20(24)28-21(2,3)4/h5-10,13-14H,11-12H2,1-4H3. The number of carbonyl (C=O) groups excluding carboxylic acids is 1. The Bertz CT molecular complexity index is 1190. The number of carbonyl (C=O) groups is 1. The van der Waals surface area contributed by atoms with Crippen molar-refractivity contribution in [2.24, 2.45) is 0 Å². The summed E-state index contributed by atoms with van der Waals surface area (Å²) in [7, 11) is -3.70. The number of rotatable bonds is 2. The fourth-order valence-corrected chi connectivity index (χ4v) is 6.07. The number of benzene rings is 1. The molecule has 7 nitrogen and oxygen atoms in total. The summed E-state index contributed by atoms with van der Waals surface area (Å²) in [5.74, 6) is 0.646. The van der Waals surface area contributed by atoms with Crippen LogP contribution in [0, 0.1) is 0 Å². The van der Waals surface area contributed by atoms with Gasteiger partial charge in [-0.15, -0.1) is 11.3 Å². The Morgan fingerprint density at radius 2 is 2.00 bits per heavy atom. The molecular formula is C21H24N2O5S2. The topological polar surface area (TPSA) is 77.8 Å². The zero-order chi connectivity index (χ0) is 21.7. The van der Waals surface area contributed by atoms with Gasteiger partial charge in [0.15, 0.2) is 0 Å². The normalized spacial score (nSPS) is 17.3. The molecule has 4 rings (SSSR count). The summed E-state index contributed by atoms with van der Waals surface area (Å²) in [5, 5.41) is 2.47. The molecular weight excluding hydrogens is 424 g/mol. The molecule has 30 heavy (non-hydrogen) atoms. The van der Waals surface area contributed by atoms with E-state index in [2.05, 4.69) is 0 Å². The average Bonchev–Trinajstić information content (AvgIpc) is 3.30. The van der Waals surface area contributed by atoms with Crippen molar-refractivity contribution in [3.05, 3.63) is 47.5 Å². The van der Waals surface area contributed by atoms with Crippen molar-refractivity contribution in [2.45, 2.75) is 43.5 Å². The second-order valence-corrected chi connectivity index (χ2v) is 11.1. The van der Waals surface area contributed by atoms with Crippen LogP contribution in [0.4, 0.5) is 4.79 Å². The SMILES string of the molecule is CC1c2c(ccc3c2ccn3S(=O)(=O)c2cccs2)OCCN1C(=O)OC(C)(C)C. The lowest BCUT2D eigenvalue weighted by Gasteiger charge is -2.30. The molecule has 0 radical (unpaired) electrons. The first kappa shape index (κ1) is 20.7. The van der Waals surface area contributed by atoms with Crippen molar-refractivity contribution >= 4 is 38.4 Å². The second-order valence-electron chi connectivity index (χ2n) is 8.16. The number of fused-ring (bicyclic) bond motifs is 3. The highest BCUT2D eigenvalue weighted by Gasteiger charge is 2.32. The summed E-state index contributed by atoms with van der Waals surface area (Å²) < 4.78 is 39.2. The predicted molar refractivity (Wildman–Crippen MR) is 116 cm³/mol. The van der Waals surface area contributed by atoms with Crippen LogP contribution in [0.5, 0.6) is 5.75 Å². The first-order chi connectivity index (χ1) is 14.1. The fourth-order valence-electron chi connectivity index (χ4n) is 3.64. The summed E-state index contributed by atoms with van der Waals surface area (Å²) in [4.78, 5) is 14.4. The third-order valence-corrected chi connectivity index (χ3v) is 8.01. The van der Waals surface area contributed by atoms with Gasteiger partial charge in [-0.25, -0.2) is 8.77 Å². The molecule has 1 aliphatic rings. The van der Waals surface area contributed by atoms with Crippen molar-refractivity contribution in [1.29, 1.82) is 0 Å². The van der Waals surface area contributed by atoms with Crippen molar-refractivity contribution in [3.8, 4) is 5.75 Å². The molecule has 0 N–H and O–H groups in total. The maximum absolute atomic E-state index is 13.1. The van der Waals surface area contributed by atoms with Crippen molar-refractivity contribution in [2.75, 3.05) is 13.2 Å². The number of hydrogen-bond donors (Lipinski definition) is 0. The third kappa shape index (κ3) is 3.56. The summed E-state index contributed by atoms with van der Waals surface area (Å²) in [6.45, 7) is 8.08.